The molecule has 0 unspecified atom stereocenters. The summed E-state index contributed by atoms with van der Waals surface area (Å²) in [7, 11) is 1.99. The normalized spacial score (nSPS) is 10.9. The molecule has 1 aromatic heterocycles. The lowest BCUT2D eigenvalue weighted by molar-refractivity contribution is 0.782. The monoisotopic (exact) mass is 263 g/mol. The number of benzene rings is 1. The second-order valence-corrected chi connectivity index (χ2v) is 4.94. The van der Waals surface area contributed by atoms with E-state index in [1.807, 2.05) is 11.6 Å². The maximum absolute atomic E-state index is 6.27. The SMILES string of the molecule is Cc1ccc(C)c(-c2c(Cl)nc(CCN)n2C)c1. The van der Waals surface area contributed by atoms with Crippen LogP contribution < -0.4 is 5.73 Å². The molecule has 0 fully saturated rings. The highest BCUT2D eigenvalue weighted by atomic mass is 35.5. The van der Waals surface area contributed by atoms with Crippen molar-refractivity contribution in [3.8, 4) is 11.3 Å². The number of nitrogens with two attached hydrogens (primary N) is 1. The highest BCUT2D eigenvalue weighted by Gasteiger charge is 2.16. The number of hydrogen-bond donors (Lipinski definition) is 1. The summed E-state index contributed by atoms with van der Waals surface area (Å²) in [6.45, 7) is 4.74. The minimum Gasteiger partial charge on any atom is -0.330 e. The molecule has 3 nitrogen and oxygen atoms in total. The molecule has 0 saturated heterocycles. The van der Waals surface area contributed by atoms with Crippen LogP contribution in [0.3, 0.4) is 0 Å². The third-order valence-electron chi connectivity index (χ3n) is 3.16. The molecule has 2 rings (SSSR count). The molecule has 0 aliphatic heterocycles. The maximum Gasteiger partial charge on any atom is 0.155 e. The summed E-state index contributed by atoms with van der Waals surface area (Å²) < 4.78 is 2.04. The number of aromatic nitrogens is 2. The lowest BCUT2D eigenvalue weighted by atomic mass is 10.0. The van der Waals surface area contributed by atoms with Crippen molar-refractivity contribution < 1.29 is 0 Å². The summed E-state index contributed by atoms with van der Waals surface area (Å²) in [5.74, 6) is 0.929. The van der Waals surface area contributed by atoms with Crippen molar-refractivity contribution in [2.24, 2.45) is 12.8 Å². The Kier molecular flexibility index (Phi) is 3.73. The largest absolute Gasteiger partial charge is 0.330 e. The Morgan fingerprint density at radius 1 is 1.33 bits per heavy atom. The predicted molar refractivity (Wildman–Crippen MR) is 75.9 cm³/mol. The fourth-order valence-corrected chi connectivity index (χ4v) is 2.47. The summed E-state index contributed by atoms with van der Waals surface area (Å²) in [5, 5.41) is 0.551. The van der Waals surface area contributed by atoms with Crippen LogP contribution in [0.2, 0.25) is 5.15 Å². The highest BCUT2D eigenvalue weighted by molar-refractivity contribution is 6.32. The molecule has 0 aliphatic carbocycles. The second-order valence-electron chi connectivity index (χ2n) is 4.58. The average Bonchev–Trinajstić information content (AvgIpc) is 2.59. The molecule has 0 saturated carbocycles. The van der Waals surface area contributed by atoms with Crippen molar-refractivity contribution in [3.63, 3.8) is 0 Å². The molecule has 0 aliphatic rings. The van der Waals surface area contributed by atoms with Gasteiger partial charge < -0.3 is 10.3 Å². The third kappa shape index (κ3) is 2.28. The van der Waals surface area contributed by atoms with E-state index < -0.39 is 0 Å². The minimum absolute atomic E-state index is 0.551. The van der Waals surface area contributed by atoms with Crippen LogP contribution in [-0.4, -0.2) is 16.1 Å². The third-order valence-corrected chi connectivity index (χ3v) is 3.42. The van der Waals surface area contributed by atoms with E-state index in [4.69, 9.17) is 17.3 Å². The summed E-state index contributed by atoms with van der Waals surface area (Å²) in [5.41, 5.74) is 10.1. The standard InChI is InChI=1S/C14H18ClN3/c1-9-4-5-10(2)11(8-9)13-14(15)17-12(6-7-16)18(13)3/h4-5,8H,6-7,16H2,1-3H3. The van der Waals surface area contributed by atoms with E-state index in [9.17, 15) is 0 Å². The Hall–Kier alpha value is -1.32. The number of nitrogens with zero attached hydrogens (tertiary/aromatic N) is 2. The Morgan fingerprint density at radius 3 is 2.72 bits per heavy atom. The Bertz CT molecular complexity index is 573. The minimum atomic E-state index is 0.551. The van der Waals surface area contributed by atoms with Crippen molar-refractivity contribution in [2.75, 3.05) is 6.54 Å². The van der Waals surface area contributed by atoms with Gasteiger partial charge in [0, 0.05) is 19.0 Å². The summed E-state index contributed by atoms with van der Waals surface area (Å²) in [6, 6.07) is 6.35. The topological polar surface area (TPSA) is 43.8 Å². The number of rotatable bonds is 3. The van der Waals surface area contributed by atoms with E-state index in [1.165, 1.54) is 11.1 Å². The average molecular weight is 264 g/mol. The van der Waals surface area contributed by atoms with Gasteiger partial charge in [0.05, 0.1) is 5.69 Å². The van der Waals surface area contributed by atoms with Gasteiger partial charge in [0.1, 0.15) is 5.82 Å². The van der Waals surface area contributed by atoms with Crippen LogP contribution in [0.25, 0.3) is 11.3 Å². The summed E-state index contributed by atoms with van der Waals surface area (Å²) >= 11 is 6.27. The van der Waals surface area contributed by atoms with E-state index in [0.29, 0.717) is 11.7 Å². The van der Waals surface area contributed by atoms with Crippen LogP contribution >= 0.6 is 11.6 Å². The van der Waals surface area contributed by atoms with Gasteiger partial charge in [0.25, 0.3) is 0 Å². The molecule has 0 bridgehead atoms. The van der Waals surface area contributed by atoms with E-state index in [1.54, 1.807) is 0 Å². The van der Waals surface area contributed by atoms with E-state index >= 15 is 0 Å². The van der Waals surface area contributed by atoms with Crippen molar-refractivity contribution >= 4 is 11.6 Å². The molecular weight excluding hydrogens is 246 g/mol. The van der Waals surface area contributed by atoms with Crippen LogP contribution in [0.15, 0.2) is 18.2 Å². The first-order valence-corrected chi connectivity index (χ1v) is 6.41. The number of halogens is 1. The fourth-order valence-electron chi connectivity index (χ4n) is 2.14. The zero-order chi connectivity index (χ0) is 13.3. The smallest absolute Gasteiger partial charge is 0.155 e. The maximum atomic E-state index is 6.27. The molecule has 0 amide bonds. The van der Waals surface area contributed by atoms with Crippen LogP contribution in [0.1, 0.15) is 17.0 Å². The van der Waals surface area contributed by atoms with Gasteiger partial charge in [-0.15, -0.1) is 0 Å². The first-order chi connectivity index (χ1) is 8.54. The van der Waals surface area contributed by atoms with Crippen LogP contribution in [0.4, 0.5) is 0 Å². The van der Waals surface area contributed by atoms with Crippen LogP contribution in [-0.2, 0) is 13.5 Å². The van der Waals surface area contributed by atoms with Gasteiger partial charge in [-0.2, -0.15) is 0 Å². The van der Waals surface area contributed by atoms with Crippen molar-refractivity contribution in [2.45, 2.75) is 20.3 Å². The van der Waals surface area contributed by atoms with Gasteiger partial charge in [-0.05, 0) is 32.0 Å². The first kappa shape index (κ1) is 13.1. The second kappa shape index (κ2) is 5.12. The van der Waals surface area contributed by atoms with Gasteiger partial charge in [-0.3, -0.25) is 0 Å². The molecule has 4 heteroatoms. The van der Waals surface area contributed by atoms with Gasteiger partial charge in [0.15, 0.2) is 5.15 Å². The van der Waals surface area contributed by atoms with Crippen LogP contribution in [0, 0.1) is 13.8 Å². The van der Waals surface area contributed by atoms with E-state index in [-0.39, 0.29) is 0 Å². The molecule has 1 heterocycles. The quantitative estimate of drug-likeness (QED) is 0.925. The van der Waals surface area contributed by atoms with Crippen molar-refractivity contribution in [3.05, 3.63) is 40.3 Å². The molecule has 0 atom stereocenters. The molecular formula is C14H18ClN3. The Balaban J connectivity index is 2.60. The lowest BCUT2D eigenvalue weighted by Gasteiger charge is -2.09. The molecule has 18 heavy (non-hydrogen) atoms. The van der Waals surface area contributed by atoms with Crippen LogP contribution in [0.5, 0.6) is 0 Å². The zero-order valence-corrected chi connectivity index (χ0v) is 11.8. The van der Waals surface area contributed by atoms with Crippen molar-refractivity contribution in [1.82, 2.24) is 9.55 Å². The summed E-state index contributed by atoms with van der Waals surface area (Å²) in [6.07, 6.45) is 0.737. The number of aryl methyl sites for hydroxylation is 2. The molecule has 0 spiro atoms. The molecule has 2 N–H and O–H groups in total. The van der Waals surface area contributed by atoms with Gasteiger partial charge in [-0.25, -0.2) is 4.98 Å². The first-order valence-electron chi connectivity index (χ1n) is 6.03. The van der Waals surface area contributed by atoms with E-state index in [0.717, 1.165) is 23.5 Å². The van der Waals surface area contributed by atoms with Crippen molar-refractivity contribution in [1.29, 1.82) is 0 Å². The molecule has 1 aromatic carbocycles. The predicted octanol–water partition coefficient (Wildman–Crippen LogP) is 2.86. The van der Waals surface area contributed by atoms with Gasteiger partial charge in [0.2, 0.25) is 0 Å². The fraction of sp³-hybridized carbons (Fsp3) is 0.357. The zero-order valence-electron chi connectivity index (χ0n) is 11.0. The lowest BCUT2D eigenvalue weighted by Crippen LogP contribution is -2.08. The van der Waals surface area contributed by atoms with Gasteiger partial charge in [-0.1, -0.05) is 29.3 Å². The van der Waals surface area contributed by atoms with Gasteiger partial charge >= 0.3 is 0 Å². The number of imidazole rings is 1. The molecule has 96 valence electrons. The summed E-state index contributed by atoms with van der Waals surface area (Å²) in [4.78, 5) is 4.40. The molecule has 2 aromatic rings. The van der Waals surface area contributed by atoms with E-state index in [2.05, 4.69) is 37.0 Å². The molecule has 0 radical (unpaired) electrons. The number of hydrogen-bond acceptors (Lipinski definition) is 2. The Morgan fingerprint density at radius 2 is 2.06 bits per heavy atom. The Labute approximate surface area is 113 Å². The highest BCUT2D eigenvalue weighted by Crippen LogP contribution is 2.31.